The van der Waals surface area contributed by atoms with Crippen LogP contribution in [0.3, 0.4) is 0 Å². The number of hydrogen-bond acceptors (Lipinski definition) is 3. The summed E-state index contributed by atoms with van der Waals surface area (Å²) in [7, 11) is 0. The Bertz CT molecular complexity index is 422. The van der Waals surface area contributed by atoms with Gasteiger partial charge in [-0.1, -0.05) is 12.8 Å². The molecular formula is C14H20N2O3. The number of nitrogens with zero attached hydrogens (tertiary/aromatic N) is 1. The van der Waals surface area contributed by atoms with Crippen LogP contribution in [0.4, 0.5) is 0 Å². The van der Waals surface area contributed by atoms with Crippen LogP contribution in [0, 0.1) is 0 Å². The standard InChI is InChI=1S/C14H20N2O3/c1-11(17)16(12-5-2-3-6-12)9-8-15-14(18)13-7-4-10-19-13/h4,7,10,12H,2-3,5-6,8-9H2,1H3,(H,15,18). The predicted molar refractivity (Wildman–Crippen MR) is 70.7 cm³/mol. The van der Waals surface area contributed by atoms with Crippen LogP contribution in [0.2, 0.25) is 0 Å². The number of furan rings is 1. The van der Waals surface area contributed by atoms with Crippen LogP contribution in [0.15, 0.2) is 22.8 Å². The summed E-state index contributed by atoms with van der Waals surface area (Å²) in [5.74, 6) is 0.148. The van der Waals surface area contributed by atoms with E-state index < -0.39 is 0 Å². The number of amides is 2. The second-order valence-electron chi connectivity index (χ2n) is 4.88. The van der Waals surface area contributed by atoms with Crippen molar-refractivity contribution in [2.24, 2.45) is 0 Å². The molecule has 1 aromatic heterocycles. The van der Waals surface area contributed by atoms with E-state index in [1.54, 1.807) is 19.1 Å². The maximum absolute atomic E-state index is 11.7. The van der Waals surface area contributed by atoms with E-state index in [2.05, 4.69) is 5.32 Å². The molecule has 5 nitrogen and oxygen atoms in total. The third kappa shape index (κ3) is 3.59. The third-order valence-corrected chi connectivity index (χ3v) is 3.55. The largest absolute Gasteiger partial charge is 0.459 e. The molecule has 0 unspecified atom stereocenters. The minimum Gasteiger partial charge on any atom is -0.459 e. The van der Waals surface area contributed by atoms with E-state index in [0.29, 0.717) is 24.9 Å². The highest BCUT2D eigenvalue weighted by molar-refractivity contribution is 5.91. The first-order valence-electron chi connectivity index (χ1n) is 6.77. The molecule has 1 aliphatic carbocycles. The van der Waals surface area contributed by atoms with Gasteiger partial charge in [-0.3, -0.25) is 9.59 Å². The fourth-order valence-electron chi connectivity index (χ4n) is 2.60. The molecule has 1 aliphatic rings. The maximum Gasteiger partial charge on any atom is 0.287 e. The van der Waals surface area contributed by atoms with Crippen molar-refractivity contribution < 1.29 is 14.0 Å². The molecule has 0 aromatic carbocycles. The van der Waals surface area contributed by atoms with E-state index in [9.17, 15) is 9.59 Å². The molecule has 1 heterocycles. The Morgan fingerprint density at radius 2 is 2.16 bits per heavy atom. The number of carbonyl (C=O) groups is 2. The van der Waals surface area contributed by atoms with Gasteiger partial charge in [0.2, 0.25) is 5.91 Å². The second kappa shape index (κ2) is 6.41. The predicted octanol–water partition coefficient (Wildman–Crippen LogP) is 1.80. The molecule has 2 rings (SSSR count). The summed E-state index contributed by atoms with van der Waals surface area (Å²) >= 11 is 0. The number of nitrogens with one attached hydrogen (secondary N) is 1. The van der Waals surface area contributed by atoms with Crippen LogP contribution < -0.4 is 5.32 Å². The Morgan fingerprint density at radius 3 is 2.74 bits per heavy atom. The fraction of sp³-hybridized carbons (Fsp3) is 0.571. The molecule has 0 bridgehead atoms. The van der Waals surface area contributed by atoms with Gasteiger partial charge in [0.1, 0.15) is 0 Å². The minimum atomic E-state index is -0.236. The van der Waals surface area contributed by atoms with Gasteiger partial charge in [0.15, 0.2) is 5.76 Å². The number of carbonyl (C=O) groups excluding carboxylic acids is 2. The zero-order valence-corrected chi connectivity index (χ0v) is 11.2. The molecule has 0 radical (unpaired) electrons. The molecule has 19 heavy (non-hydrogen) atoms. The van der Waals surface area contributed by atoms with Crippen LogP contribution in [-0.2, 0) is 4.79 Å². The molecule has 0 aliphatic heterocycles. The number of rotatable bonds is 5. The van der Waals surface area contributed by atoms with E-state index in [1.165, 1.54) is 19.1 Å². The van der Waals surface area contributed by atoms with Gasteiger partial charge >= 0.3 is 0 Å². The molecule has 1 fully saturated rings. The molecular weight excluding hydrogens is 244 g/mol. The third-order valence-electron chi connectivity index (χ3n) is 3.55. The molecule has 104 valence electrons. The molecule has 0 spiro atoms. The van der Waals surface area contributed by atoms with Gasteiger partial charge in [0.05, 0.1) is 6.26 Å². The van der Waals surface area contributed by atoms with Gasteiger partial charge in [0, 0.05) is 26.1 Å². The Labute approximate surface area is 113 Å². The average molecular weight is 264 g/mol. The van der Waals surface area contributed by atoms with E-state index >= 15 is 0 Å². The van der Waals surface area contributed by atoms with Crippen molar-refractivity contribution in [1.82, 2.24) is 10.2 Å². The summed E-state index contributed by atoms with van der Waals surface area (Å²) in [5.41, 5.74) is 0. The first kappa shape index (κ1) is 13.6. The van der Waals surface area contributed by atoms with Gasteiger partial charge in [-0.15, -0.1) is 0 Å². The Morgan fingerprint density at radius 1 is 1.42 bits per heavy atom. The Balaban J connectivity index is 1.79. The van der Waals surface area contributed by atoms with Crippen molar-refractivity contribution in [3.05, 3.63) is 24.2 Å². The monoisotopic (exact) mass is 264 g/mol. The van der Waals surface area contributed by atoms with E-state index in [0.717, 1.165) is 12.8 Å². The van der Waals surface area contributed by atoms with Crippen molar-refractivity contribution in [3.63, 3.8) is 0 Å². The molecule has 0 atom stereocenters. The van der Waals surface area contributed by atoms with Crippen LogP contribution in [0.25, 0.3) is 0 Å². The summed E-state index contributed by atoms with van der Waals surface area (Å²) in [5, 5.41) is 2.77. The van der Waals surface area contributed by atoms with Crippen molar-refractivity contribution in [2.45, 2.75) is 38.6 Å². The zero-order chi connectivity index (χ0) is 13.7. The van der Waals surface area contributed by atoms with Crippen LogP contribution in [0.1, 0.15) is 43.2 Å². The van der Waals surface area contributed by atoms with Crippen molar-refractivity contribution in [3.8, 4) is 0 Å². The smallest absolute Gasteiger partial charge is 0.287 e. The van der Waals surface area contributed by atoms with Crippen LogP contribution in [0.5, 0.6) is 0 Å². The highest BCUT2D eigenvalue weighted by Crippen LogP contribution is 2.23. The van der Waals surface area contributed by atoms with Crippen molar-refractivity contribution in [2.75, 3.05) is 13.1 Å². The Kier molecular flexibility index (Phi) is 4.60. The summed E-state index contributed by atoms with van der Waals surface area (Å²) in [4.78, 5) is 25.2. The topological polar surface area (TPSA) is 62.6 Å². The van der Waals surface area contributed by atoms with Gasteiger partial charge in [-0.2, -0.15) is 0 Å². The fourth-order valence-corrected chi connectivity index (χ4v) is 2.60. The van der Waals surface area contributed by atoms with Crippen molar-refractivity contribution in [1.29, 1.82) is 0 Å². The normalized spacial score (nSPS) is 15.4. The maximum atomic E-state index is 11.7. The summed E-state index contributed by atoms with van der Waals surface area (Å²) in [6.45, 7) is 2.61. The molecule has 5 heteroatoms. The van der Waals surface area contributed by atoms with E-state index in [1.807, 2.05) is 4.90 Å². The first-order valence-corrected chi connectivity index (χ1v) is 6.77. The highest BCUT2D eigenvalue weighted by Gasteiger charge is 2.24. The lowest BCUT2D eigenvalue weighted by Gasteiger charge is -2.27. The first-order chi connectivity index (χ1) is 9.18. The minimum absolute atomic E-state index is 0.0825. The lowest BCUT2D eigenvalue weighted by atomic mass is 10.2. The lowest BCUT2D eigenvalue weighted by Crippen LogP contribution is -2.42. The van der Waals surface area contributed by atoms with E-state index in [-0.39, 0.29) is 11.8 Å². The van der Waals surface area contributed by atoms with Crippen LogP contribution in [-0.4, -0.2) is 35.8 Å². The summed E-state index contributed by atoms with van der Waals surface area (Å²) < 4.78 is 5.01. The Hall–Kier alpha value is -1.78. The number of hydrogen-bond donors (Lipinski definition) is 1. The van der Waals surface area contributed by atoms with Gasteiger partial charge < -0.3 is 14.6 Å². The quantitative estimate of drug-likeness (QED) is 0.882. The average Bonchev–Trinajstić information content (AvgIpc) is 3.05. The van der Waals surface area contributed by atoms with Gasteiger partial charge in [0.25, 0.3) is 5.91 Å². The van der Waals surface area contributed by atoms with Crippen LogP contribution >= 0.6 is 0 Å². The van der Waals surface area contributed by atoms with Gasteiger partial charge in [-0.05, 0) is 25.0 Å². The van der Waals surface area contributed by atoms with Crippen molar-refractivity contribution >= 4 is 11.8 Å². The molecule has 1 aromatic rings. The zero-order valence-electron chi connectivity index (χ0n) is 11.2. The molecule has 1 N–H and O–H groups in total. The highest BCUT2D eigenvalue weighted by atomic mass is 16.3. The van der Waals surface area contributed by atoms with E-state index in [4.69, 9.17) is 4.42 Å². The second-order valence-corrected chi connectivity index (χ2v) is 4.88. The lowest BCUT2D eigenvalue weighted by molar-refractivity contribution is -0.130. The summed E-state index contributed by atoms with van der Waals surface area (Å²) in [6, 6.07) is 3.64. The molecule has 0 saturated heterocycles. The van der Waals surface area contributed by atoms with Gasteiger partial charge in [-0.25, -0.2) is 0 Å². The molecule has 1 saturated carbocycles. The summed E-state index contributed by atoms with van der Waals surface area (Å²) in [6.07, 6.45) is 5.99. The molecule has 2 amide bonds. The SMILES string of the molecule is CC(=O)N(CCNC(=O)c1ccco1)C1CCCC1.